The highest BCUT2D eigenvalue weighted by Gasteiger charge is 2.31. The Hall–Kier alpha value is -2.15. The van der Waals surface area contributed by atoms with Gasteiger partial charge in [0.05, 0.1) is 12.2 Å². The number of thioether (sulfide) groups is 1. The van der Waals surface area contributed by atoms with Gasteiger partial charge in [-0.25, -0.2) is 9.79 Å². The third kappa shape index (κ3) is 3.21. The molecule has 1 unspecified atom stereocenters. The van der Waals surface area contributed by atoms with Gasteiger partial charge < -0.3 is 19.5 Å². The van der Waals surface area contributed by atoms with Gasteiger partial charge in [0, 0.05) is 5.70 Å². The second-order valence-electron chi connectivity index (χ2n) is 5.27. The molecule has 1 aromatic carbocycles. The zero-order valence-electron chi connectivity index (χ0n) is 13.9. The number of hydrogen-bond donors (Lipinski definition) is 1. The molecule has 2 aliphatic heterocycles. The molecule has 1 aromatic rings. The van der Waals surface area contributed by atoms with Crippen LogP contribution in [-0.4, -0.2) is 30.3 Å². The monoisotopic (exact) mass is 348 g/mol. The van der Waals surface area contributed by atoms with E-state index in [9.17, 15) is 4.79 Å². The van der Waals surface area contributed by atoms with E-state index in [1.165, 1.54) is 0 Å². The van der Waals surface area contributed by atoms with Crippen LogP contribution in [0.4, 0.5) is 0 Å². The Morgan fingerprint density at radius 2 is 2.17 bits per heavy atom. The maximum Gasteiger partial charge on any atom is 0.338 e. The minimum absolute atomic E-state index is 0.213. The fourth-order valence-corrected chi connectivity index (χ4v) is 3.33. The molecular formula is C17H20N2O4S. The topological polar surface area (TPSA) is 69.2 Å². The highest BCUT2D eigenvalue weighted by molar-refractivity contribution is 8.13. The zero-order chi connectivity index (χ0) is 17.1. The van der Waals surface area contributed by atoms with Gasteiger partial charge in [-0.15, -0.1) is 0 Å². The van der Waals surface area contributed by atoms with E-state index in [1.807, 2.05) is 25.1 Å². The maximum absolute atomic E-state index is 12.4. The van der Waals surface area contributed by atoms with Crippen molar-refractivity contribution >= 4 is 22.9 Å². The van der Waals surface area contributed by atoms with Crippen LogP contribution in [0.25, 0.3) is 0 Å². The van der Waals surface area contributed by atoms with Crippen LogP contribution in [0.1, 0.15) is 32.4 Å². The Morgan fingerprint density at radius 1 is 1.38 bits per heavy atom. The molecule has 7 heteroatoms. The summed E-state index contributed by atoms with van der Waals surface area (Å²) < 4.78 is 16.0. The standard InChI is InChI=1S/C17H20N2O4S/c1-4-21-16(20)14-10(3)18-17(24-5-2)19-15(14)11-6-7-12-13(8-11)23-9-22-12/h6-8,15H,4-5,9H2,1-3H3,(H,18,19). The minimum Gasteiger partial charge on any atom is -0.463 e. The number of aliphatic imine (C=N–C) groups is 1. The Balaban J connectivity index is 2.01. The van der Waals surface area contributed by atoms with Crippen molar-refractivity contribution in [3.63, 3.8) is 0 Å². The molecule has 6 nitrogen and oxygen atoms in total. The molecule has 0 spiro atoms. The number of benzene rings is 1. The summed E-state index contributed by atoms with van der Waals surface area (Å²) in [5, 5.41) is 3.99. The first-order valence-corrected chi connectivity index (χ1v) is 8.87. The minimum atomic E-state index is -0.422. The van der Waals surface area contributed by atoms with E-state index in [-0.39, 0.29) is 12.8 Å². The smallest absolute Gasteiger partial charge is 0.338 e. The van der Waals surface area contributed by atoms with E-state index in [1.54, 1.807) is 18.7 Å². The van der Waals surface area contributed by atoms with Crippen molar-refractivity contribution in [1.82, 2.24) is 5.32 Å². The SMILES string of the molecule is CCOC(=O)C1=C(C)NC(SCC)=NC1c1ccc2c(c1)OCO2. The van der Waals surface area contributed by atoms with E-state index in [4.69, 9.17) is 19.2 Å². The van der Waals surface area contributed by atoms with Crippen LogP contribution < -0.4 is 14.8 Å². The molecule has 0 amide bonds. The number of nitrogens with one attached hydrogen (secondary N) is 1. The molecule has 3 rings (SSSR count). The number of rotatable bonds is 4. The summed E-state index contributed by atoms with van der Waals surface area (Å²) in [5.41, 5.74) is 2.16. The van der Waals surface area contributed by atoms with Crippen LogP contribution in [0, 0.1) is 0 Å². The summed E-state index contributed by atoms with van der Waals surface area (Å²) in [6.07, 6.45) is 0. The molecule has 1 atom stereocenters. The summed E-state index contributed by atoms with van der Waals surface area (Å²) in [6.45, 7) is 6.26. The van der Waals surface area contributed by atoms with Crippen LogP contribution in [0.2, 0.25) is 0 Å². The Kier molecular flexibility index (Phi) is 4.99. The lowest BCUT2D eigenvalue weighted by Crippen LogP contribution is -2.30. The van der Waals surface area contributed by atoms with Crippen molar-refractivity contribution in [3.8, 4) is 11.5 Å². The maximum atomic E-state index is 12.4. The molecule has 0 bridgehead atoms. The fourth-order valence-electron chi connectivity index (χ4n) is 2.65. The van der Waals surface area contributed by atoms with Crippen molar-refractivity contribution in [2.75, 3.05) is 19.2 Å². The van der Waals surface area contributed by atoms with Gasteiger partial charge in [0.15, 0.2) is 16.7 Å². The predicted octanol–water partition coefficient (Wildman–Crippen LogP) is 3.01. The second kappa shape index (κ2) is 7.17. The largest absolute Gasteiger partial charge is 0.463 e. The first-order chi connectivity index (χ1) is 11.6. The summed E-state index contributed by atoms with van der Waals surface area (Å²) in [7, 11) is 0. The van der Waals surface area contributed by atoms with Gasteiger partial charge in [0.2, 0.25) is 6.79 Å². The van der Waals surface area contributed by atoms with Gasteiger partial charge >= 0.3 is 5.97 Å². The Morgan fingerprint density at radius 3 is 2.92 bits per heavy atom. The van der Waals surface area contributed by atoms with Gasteiger partial charge in [0.1, 0.15) is 6.04 Å². The van der Waals surface area contributed by atoms with Gasteiger partial charge in [-0.1, -0.05) is 24.8 Å². The van der Waals surface area contributed by atoms with E-state index in [0.29, 0.717) is 23.7 Å². The van der Waals surface area contributed by atoms with Gasteiger partial charge in [-0.3, -0.25) is 0 Å². The van der Waals surface area contributed by atoms with Gasteiger partial charge in [0.25, 0.3) is 0 Å². The quantitative estimate of drug-likeness (QED) is 0.844. The summed E-state index contributed by atoms with van der Waals surface area (Å²) in [4.78, 5) is 17.2. The Bertz CT molecular complexity index is 715. The van der Waals surface area contributed by atoms with Crippen LogP contribution in [-0.2, 0) is 9.53 Å². The van der Waals surface area contributed by atoms with Crippen LogP contribution >= 0.6 is 11.8 Å². The number of hydrogen-bond acceptors (Lipinski definition) is 7. The molecule has 128 valence electrons. The van der Waals surface area contributed by atoms with Gasteiger partial charge in [-0.2, -0.15) is 0 Å². The first kappa shape index (κ1) is 16.7. The highest BCUT2D eigenvalue weighted by Crippen LogP contribution is 2.39. The first-order valence-electron chi connectivity index (χ1n) is 7.89. The van der Waals surface area contributed by atoms with Crippen molar-refractivity contribution < 1.29 is 19.0 Å². The Labute approximate surface area is 145 Å². The lowest BCUT2D eigenvalue weighted by atomic mass is 9.96. The van der Waals surface area contributed by atoms with Crippen LogP contribution in [0.5, 0.6) is 11.5 Å². The number of carbonyl (C=O) groups excluding carboxylic acids is 1. The highest BCUT2D eigenvalue weighted by atomic mass is 32.2. The molecule has 0 fully saturated rings. The van der Waals surface area contributed by atoms with Crippen molar-refractivity contribution in [1.29, 1.82) is 0 Å². The third-order valence-electron chi connectivity index (χ3n) is 3.71. The normalized spacial score (nSPS) is 19.0. The van der Waals surface area contributed by atoms with Crippen molar-refractivity contribution in [3.05, 3.63) is 35.0 Å². The molecular weight excluding hydrogens is 328 g/mol. The number of ether oxygens (including phenoxy) is 3. The number of allylic oxidation sites excluding steroid dienone is 1. The molecule has 0 saturated carbocycles. The van der Waals surface area contributed by atoms with Crippen molar-refractivity contribution in [2.45, 2.75) is 26.8 Å². The number of amidine groups is 1. The third-order valence-corrected chi connectivity index (χ3v) is 4.48. The average Bonchev–Trinajstić information content (AvgIpc) is 3.02. The van der Waals surface area contributed by atoms with Crippen molar-refractivity contribution in [2.24, 2.45) is 4.99 Å². The summed E-state index contributed by atoms with van der Waals surface area (Å²) in [5.74, 6) is 1.92. The molecule has 0 aliphatic carbocycles. The zero-order valence-corrected chi connectivity index (χ0v) is 14.7. The number of fused-ring (bicyclic) bond motifs is 1. The second-order valence-corrected chi connectivity index (χ2v) is 6.52. The number of nitrogens with zero attached hydrogens (tertiary/aromatic N) is 1. The molecule has 2 aliphatic rings. The predicted molar refractivity (Wildman–Crippen MR) is 93.3 cm³/mol. The molecule has 0 aromatic heterocycles. The molecule has 0 saturated heterocycles. The summed E-state index contributed by atoms with van der Waals surface area (Å²) >= 11 is 1.60. The molecule has 24 heavy (non-hydrogen) atoms. The van der Waals surface area contributed by atoms with E-state index in [2.05, 4.69) is 12.2 Å². The van der Waals surface area contributed by atoms with E-state index < -0.39 is 6.04 Å². The average molecular weight is 348 g/mol. The van der Waals surface area contributed by atoms with Crippen LogP contribution in [0.15, 0.2) is 34.5 Å². The lowest BCUT2D eigenvalue weighted by Gasteiger charge is -2.25. The van der Waals surface area contributed by atoms with Gasteiger partial charge in [-0.05, 0) is 37.3 Å². The fraction of sp³-hybridized carbons (Fsp3) is 0.412. The lowest BCUT2D eigenvalue weighted by molar-refractivity contribution is -0.138. The molecule has 1 N–H and O–H groups in total. The number of carbonyl (C=O) groups is 1. The molecule has 0 radical (unpaired) electrons. The van der Waals surface area contributed by atoms with E-state index >= 15 is 0 Å². The van der Waals surface area contributed by atoms with E-state index in [0.717, 1.165) is 22.2 Å². The summed E-state index contributed by atoms with van der Waals surface area (Å²) in [6, 6.07) is 5.21. The van der Waals surface area contributed by atoms with Crippen LogP contribution in [0.3, 0.4) is 0 Å². The molecule has 2 heterocycles. The number of esters is 1.